The van der Waals surface area contributed by atoms with Gasteiger partial charge in [0.2, 0.25) is 17.1 Å². The molecule has 9 nitrogen and oxygen atoms in total. The molecule has 5 atom stereocenters. The number of hydrogen-bond donors (Lipinski definition) is 1. The first kappa shape index (κ1) is 21.7. The Balaban J connectivity index is 2.05. The highest BCUT2D eigenvalue weighted by molar-refractivity contribution is 5.89. The molecular weight excluding hydrogens is 412 g/mol. The van der Waals surface area contributed by atoms with Gasteiger partial charge >= 0.3 is 0 Å². The maximum absolute atomic E-state index is 10.4. The van der Waals surface area contributed by atoms with E-state index in [1.807, 2.05) is 6.92 Å². The third-order valence-electron chi connectivity index (χ3n) is 7.19. The van der Waals surface area contributed by atoms with E-state index in [1.54, 1.807) is 12.1 Å². The number of nitrogens with zero attached hydrogens (tertiary/aromatic N) is 3. The standard InChI is InChI=1S/C23H24N4O5/c1-13-5-6-23-17(7-13)22(12-26,20(27)32-23)21(10-24,11-25)19(31-23)18-15(29-3)8-14(28-2)9-16(18)30-4/h8-9,13,17,19,27H,5-7H2,1-4H3. The molecule has 2 aliphatic heterocycles. The predicted molar refractivity (Wildman–Crippen MR) is 110 cm³/mol. The number of nitriles is 3. The second kappa shape index (κ2) is 7.29. The lowest BCUT2D eigenvalue weighted by atomic mass is 9.50. The van der Waals surface area contributed by atoms with E-state index in [-0.39, 0.29) is 17.4 Å². The third kappa shape index (κ3) is 2.42. The molecular formula is C23H24N4O5. The Bertz CT molecular complexity index is 1060. The Hall–Kier alpha value is -3.48. The summed E-state index contributed by atoms with van der Waals surface area (Å²) in [5, 5.41) is 39.9. The van der Waals surface area contributed by atoms with E-state index < -0.39 is 34.5 Å². The van der Waals surface area contributed by atoms with Crippen LogP contribution in [0.1, 0.15) is 37.9 Å². The number of benzene rings is 1. The minimum atomic E-state index is -2.07. The first-order valence-electron chi connectivity index (χ1n) is 10.3. The van der Waals surface area contributed by atoms with Gasteiger partial charge in [-0.3, -0.25) is 5.41 Å². The van der Waals surface area contributed by atoms with Crippen molar-refractivity contribution in [2.24, 2.45) is 22.7 Å². The highest BCUT2D eigenvalue weighted by Crippen LogP contribution is 2.71. The van der Waals surface area contributed by atoms with Crippen LogP contribution in [0.15, 0.2) is 12.1 Å². The van der Waals surface area contributed by atoms with Crippen LogP contribution in [0.5, 0.6) is 17.2 Å². The summed E-state index contributed by atoms with van der Waals surface area (Å²) >= 11 is 0. The molecule has 0 amide bonds. The lowest BCUT2D eigenvalue weighted by Crippen LogP contribution is -2.61. The van der Waals surface area contributed by atoms with E-state index in [2.05, 4.69) is 18.2 Å². The Morgan fingerprint density at radius 3 is 2.16 bits per heavy atom. The molecule has 1 aliphatic carbocycles. The quantitative estimate of drug-likeness (QED) is 0.756. The van der Waals surface area contributed by atoms with Gasteiger partial charge in [-0.1, -0.05) is 6.92 Å². The second-order valence-electron chi connectivity index (χ2n) is 8.57. The van der Waals surface area contributed by atoms with Gasteiger partial charge < -0.3 is 23.7 Å². The van der Waals surface area contributed by atoms with Gasteiger partial charge in [0.15, 0.2) is 5.41 Å². The predicted octanol–water partition coefficient (Wildman–Crippen LogP) is 3.47. The summed E-state index contributed by atoms with van der Waals surface area (Å²) in [7, 11) is 4.38. The summed E-state index contributed by atoms with van der Waals surface area (Å²) in [6, 6.07) is 9.52. The van der Waals surface area contributed by atoms with Crippen molar-refractivity contribution in [3.05, 3.63) is 17.7 Å². The van der Waals surface area contributed by atoms with Crippen molar-refractivity contribution in [1.29, 1.82) is 21.2 Å². The van der Waals surface area contributed by atoms with E-state index in [4.69, 9.17) is 29.1 Å². The monoisotopic (exact) mass is 436 g/mol. The van der Waals surface area contributed by atoms with Gasteiger partial charge in [0, 0.05) is 18.6 Å². The van der Waals surface area contributed by atoms with Crippen molar-refractivity contribution in [3.63, 3.8) is 0 Å². The van der Waals surface area contributed by atoms with Crippen LogP contribution in [0.2, 0.25) is 0 Å². The van der Waals surface area contributed by atoms with E-state index in [0.717, 1.165) is 6.42 Å². The largest absolute Gasteiger partial charge is 0.496 e. The molecule has 1 aromatic carbocycles. The van der Waals surface area contributed by atoms with Gasteiger partial charge in [0.1, 0.15) is 23.4 Å². The lowest BCUT2D eigenvalue weighted by Gasteiger charge is -2.52. The molecule has 2 saturated heterocycles. The fraction of sp³-hybridized carbons (Fsp3) is 0.565. The van der Waals surface area contributed by atoms with Crippen molar-refractivity contribution >= 4 is 5.90 Å². The number of hydrogen-bond acceptors (Lipinski definition) is 9. The molecule has 2 bridgehead atoms. The van der Waals surface area contributed by atoms with Crippen LogP contribution in [0.3, 0.4) is 0 Å². The summed E-state index contributed by atoms with van der Waals surface area (Å²) in [4.78, 5) is 0. The van der Waals surface area contributed by atoms with Gasteiger partial charge in [-0.05, 0) is 18.8 Å². The van der Waals surface area contributed by atoms with Crippen LogP contribution < -0.4 is 14.2 Å². The zero-order chi connectivity index (χ0) is 23.3. The SMILES string of the molecule is COc1cc(OC)c(C2OC34CCC(C)CC3C(C#N)(C(=N)O4)C2(C#N)C#N)c(OC)c1. The minimum absolute atomic E-state index is 0.232. The molecule has 0 radical (unpaired) electrons. The smallest absolute Gasteiger partial charge is 0.217 e. The van der Waals surface area contributed by atoms with Gasteiger partial charge in [0.05, 0.1) is 51.0 Å². The average molecular weight is 436 g/mol. The lowest BCUT2D eigenvalue weighted by molar-refractivity contribution is -0.298. The van der Waals surface area contributed by atoms with E-state index in [0.29, 0.717) is 24.2 Å². The molecule has 1 saturated carbocycles. The topological polar surface area (TPSA) is 141 Å². The molecule has 3 aliphatic rings. The molecule has 4 rings (SSSR count). The van der Waals surface area contributed by atoms with E-state index in [1.165, 1.54) is 21.3 Å². The zero-order valence-electron chi connectivity index (χ0n) is 18.4. The zero-order valence-corrected chi connectivity index (χ0v) is 18.4. The normalized spacial score (nSPS) is 34.2. The fourth-order valence-electron chi connectivity index (χ4n) is 5.58. The van der Waals surface area contributed by atoms with Crippen LogP contribution in [0.25, 0.3) is 0 Å². The van der Waals surface area contributed by atoms with Crippen LogP contribution in [0, 0.1) is 62.1 Å². The van der Waals surface area contributed by atoms with Crippen molar-refractivity contribution < 1.29 is 23.7 Å². The molecule has 1 N–H and O–H groups in total. The van der Waals surface area contributed by atoms with E-state index >= 15 is 0 Å². The summed E-state index contributed by atoms with van der Waals surface area (Å²) in [5.74, 6) is -1.06. The van der Waals surface area contributed by atoms with Gasteiger partial charge in [-0.2, -0.15) is 15.8 Å². The fourth-order valence-corrected chi connectivity index (χ4v) is 5.58. The van der Waals surface area contributed by atoms with Crippen molar-refractivity contribution in [2.45, 2.75) is 38.1 Å². The molecule has 32 heavy (non-hydrogen) atoms. The first-order valence-corrected chi connectivity index (χ1v) is 10.3. The molecule has 0 aromatic heterocycles. The number of ether oxygens (including phenoxy) is 5. The van der Waals surface area contributed by atoms with Gasteiger partial charge in [-0.15, -0.1) is 0 Å². The minimum Gasteiger partial charge on any atom is -0.496 e. The number of rotatable bonds is 4. The van der Waals surface area contributed by atoms with Crippen LogP contribution >= 0.6 is 0 Å². The molecule has 9 heteroatoms. The Kier molecular flexibility index (Phi) is 4.95. The van der Waals surface area contributed by atoms with Gasteiger partial charge in [0.25, 0.3) is 0 Å². The van der Waals surface area contributed by atoms with Crippen LogP contribution in [-0.4, -0.2) is 33.0 Å². The third-order valence-corrected chi connectivity index (χ3v) is 7.19. The molecule has 166 valence electrons. The van der Waals surface area contributed by atoms with Crippen molar-refractivity contribution in [2.75, 3.05) is 21.3 Å². The first-order chi connectivity index (χ1) is 15.3. The highest BCUT2D eigenvalue weighted by Gasteiger charge is 2.81. The van der Waals surface area contributed by atoms with Crippen LogP contribution in [-0.2, 0) is 9.47 Å². The summed E-state index contributed by atoms with van der Waals surface area (Å²) in [5.41, 5.74) is -3.58. The Morgan fingerprint density at radius 2 is 1.66 bits per heavy atom. The maximum atomic E-state index is 10.4. The molecule has 1 aromatic rings. The summed E-state index contributed by atoms with van der Waals surface area (Å²) < 4.78 is 28.9. The second-order valence-corrected chi connectivity index (χ2v) is 8.57. The van der Waals surface area contributed by atoms with E-state index in [9.17, 15) is 15.8 Å². The van der Waals surface area contributed by atoms with Crippen molar-refractivity contribution in [1.82, 2.24) is 0 Å². The van der Waals surface area contributed by atoms with Crippen LogP contribution in [0.4, 0.5) is 0 Å². The highest BCUT2D eigenvalue weighted by atomic mass is 16.7. The average Bonchev–Trinajstić information content (AvgIpc) is 3.01. The summed E-state index contributed by atoms with van der Waals surface area (Å²) in [6.07, 6.45) is 0.445. The molecule has 3 fully saturated rings. The van der Waals surface area contributed by atoms with Crippen molar-refractivity contribution in [3.8, 4) is 35.5 Å². The molecule has 5 unspecified atom stereocenters. The number of methoxy groups -OCH3 is 3. The Morgan fingerprint density at radius 1 is 1.03 bits per heavy atom. The molecule has 0 spiro atoms. The Labute approximate surface area is 186 Å². The number of nitrogens with one attached hydrogen (secondary N) is 1. The van der Waals surface area contributed by atoms with Gasteiger partial charge in [-0.25, -0.2) is 0 Å². The summed E-state index contributed by atoms with van der Waals surface area (Å²) in [6.45, 7) is 2.04. The maximum Gasteiger partial charge on any atom is 0.217 e. The molecule has 2 heterocycles.